The minimum atomic E-state index is -1.07. The lowest BCUT2D eigenvalue weighted by molar-refractivity contribution is -0.144. The van der Waals surface area contributed by atoms with E-state index in [1.165, 1.54) is 0 Å². The number of hydrogen-bond acceptors (Lipinski definition) is 3. The van der Waals surface area contributed by atoms with Crippen molar-refractivity contribution >= 4 is 11.9 Å². The van der Waals surface area contributed by atoms with Gasteiger partial charge in [0.05, 0.1) is 0 Å². The van der Waals surface area contributed by atoms with Crippen molar-refractivity contribution in [1.29, 1.82) is 0 Å². The van der Waals surface area contributed by atoms with Crippen LogP contribution in [0.4, 0.5) is 0 Å². The van der Waals surface area contributed by atoms with Gasteiger partial charge in [-0.25, -0.2) is 4.79 Å². The Hall–Kier alpha value is -2.66. The minimum absolute atomic E-state index is 0.359. The van der Waals surface area contributed by atoms with Gasteiger partial charge in [0.1, 0.15) is 12.1 Å². The summed E-state index contributed by atoms with van der Waals surface area (Å²) < 4.78 is 5.38. The molecule has 0 aliphatic carbocycles. The lowest BCUT2D eigenvalue weighted by Gasteiger charge is -2.27. The van der Waals surface area contributed by atoms with E-state index in [1.54, 1.807) is 0 Å². The molecule has 0 spiro atoms. The predicted molar refractivity (Wildman–Crippen MR) is 93.3 cm³/mol. The highest BCUT2D eigenvalue weighted by Crippen LogP contribution is 2.28. The van der Waals surface area contributed by atoms with Gasteiger partial charge in [0, 0.05) is 12.5 Å². The number of ether oxygens (including phenoxy) is 1. The summed E-state index contributed by atoms with van der Waals surface area (Å²) in [5.41, 5.74) is 1.68. The fourth-order valence-corrected chi connectivity index (χ4v) is 3.22. The molecule has 2 aromatic carbocycles. The van der Waals surface area contributed by atoms with Gasteiger partial charge < -0.3 is 15.2 Å². The summed E-state index contributed by atoms with van der Waals surface area (Å²) in [5, 5.41) is 12.5. The number of carbonyl (C=O) groups excluding carboxylic acids is 1. The lowest BCUT2D eigenvalue weighted by atomic mass is 9.85. The molecule has 25 heavy (non-hydrogen) atoms. The van der Waals surface area contributed by atoms with Crippen LogP contribution >= 0.6 is 0 Å². The fraction of sp³-hybridized carbons (Fsp3) is 0.300. The van der Waals surface area contributed by atoms with Crippen molar-refractivity contribution in [1.82, 2.24) is 5.32 Å². The largest absolute Gasteiger partial charge is 0.480 e. The number of aliphatic carboxylic acids is 1. The summed E-state index contributed by atoms with van der Waals surface area (Å²) in [5.74, 6) is -1.91. The van der Waals surface area contributed by atoms with E-state index in [0.717, 1.165) is 17.5 Å². The zero-order valence-electron chi connectivity index (χ0n) is 13.8. The van der Waals surface area contributed by atoms with Crippen LogP contribution in [0.1, 0.15) is 29.9 Å². The SMILES string of the molecule is O=C(N[C@H](C(=O)O)C(c1ccccc1)c1ccccc1)[C@@H]1CCCO1. The lowest BCUT2D eigenvalue weighted by Crippen LogP contribution is -2.48. The maximum Gasteiger partial charge on any atom is 0.327 e. The molecule has 130 valence electrons. The van der Waals surface area contributed by atoms with E-state index >= 15 is 0 Å². The molecular weight excluding hydrogens is 318 g/mol. The van der Waals surface area contributed by atoms with Crippen LogP contribution in [0, 0.1) is 0 Å². The first-order valence-corrected chi connectivity index (χ1v) is 8.41. The summed E-state index contributed by atoms with van der Waals surface area (Å²) in [4.78, 5) is 24.4. The summed E-state index contributed by atoms with van der Waals surface area (Å²) >= 11 is 0. The molecule has 0 bridgehead atoms. The van der Waals surface area contributed by atoms with Gasteiger partial charge in [-0.3, -0.25) is 4.79 Å². The summed E-state index contributed by atoms with van der Waals surface area (Å²) in [6.45, 7) is 0.538. The third-order valence-corrected chi connectivity index (χ3v) is 4.44. The Balaban J connectivity index is 1.93. The van der Waals surface area contributed by atoms with Crippen LogP contribution in [-0.2, 0) is 14.3 Å². The van der Waals surface area contributed by atoms with Gasteiger partial charge in [0.2, 0.25) is 5.91 Å². The summed E-state index contributed by atoms with van der Waals surface area (Å²) in [7, 11) is 0. The Bertz CT molecular complexity index is 671. The first-order valence-electron chi connectivity index (χ1n) is 8.41. The number of nitrogens with one attached hydrogen (secondary N) is 1. The molecule has 1 saturated heterocycles. The highest BCUT2D eigenvalue weighted by molar-refractivity contribution is 5.87. The van der Waals surface area contributed by atoms with Gasteiger partial charge in [0.25, 0.3) is 0 Å². The molecule has 1 fully saturated rings. The molecule has 0 unspecified atom stereocenters. The zero-order chi connectivity index (χ0) is 17.6. The maximum atomic E-state index is 12.4. The van der Waals surface area contributed by atoms with Gasteiger partial charge in [-0.1, -0.05) is 60.7 Å². The number of benzene rings is 2. The molecule has 1 amide bonds. The molecule has 5 heteroatoms. The Morgan fingerprint density at radius 1 is 1.00 bits per heavy atom. The van der Waals surface area contributed by atoms with Gasteiger partial charge in [-0.2, -0.15) is 0 Å². The Kier molecular flexibility index (Phi) is 5.46. The maximum absolute atomic E-state index is 12.4. The molecule has 0 aromatic heterocycles. The topological polar surface area (TPSA) is 75.6 Å². The second-order valence-electron chi connectivity index (χ2n) is 6.13. The second-order valence-corrected chi connectivity index (χ2v) is 6.13. The van der Waals surface area contributed by atoms with E-state index in [9.17, 15) is 14.7 Å². The van der Waals surface area contributed by atoms with E-state index < -0.39 is 24.0 Å². The fourth-order valence-electron chi connectivity index (χ4n) is 3.22. The third-order valence-electron chi connectivity index (χ3n) is 4.44. The number of rotatable bonds is 6. The molecule has 2 atom stereocenters. The highest BCUT2D eigenvalue weighted by atomic mass is 16.5. The number of carbonyl (C=O) groups is 2. The van der Waals surface area contributed by atoms with Crippen LogP contribution in [0.15, 0.2) is 60.7 Å². The first-order chi connectivity index (χ1) is 12.2. The van der Waals surface area contributed by atoms with Crippen LogP contribution in [0.3, 0.4) is 0 Å². The average molecular weight is 339 g/mol. The van der Waals surface area contributed by atoms with Crippen molar-refractivity contribution < 1.29 is 19.4 Å². The first kappa shape index (κ1) is 17.2. The standard InChI is InChI=1S/C20H21NO4/c22-19(16-12-7-13-25-16)21-18(20(23)24)17(14-8-3-1-4-9-14)15-10-5-2-6-11-15/h1-6,8-11,16-18H,7,12-13H2,(H,21,22)(H,23,24)/t16-,18-/m0/s1. The molecule has 1 heterocycles. The number of carboxylic acids is 1. The van der Waals surface area contributed by atoms with E-state index in [0.29, 0.717) is 13.0 Å². The number of hydrogen-bond donors (Lipinski definition) is 2. The van der Waals surface area contributed by atoms with Crippen molar-refractivity contribution in [3.63, 3.8) is 0 Å². The predicted octanol–water partition coefficient (Wildman–Crippen LogP) is 2.57. The normalized spacial score (nSPS) is 18.0. The van der Waals surface area contributed by atoms with Crippen molar-refractivity contribution in [3.8, 4) is 0 Å². The second kappa shape index (κ2) is 7.94. The van der Waals surface area contributed by atoms with E-state index in [4.69, 9.17) is 4.74 Å². The Labute approximate surface area is 146 Å². The molecule has 1 aliphatic heterocycles. The van der Waals surface area contributed by atoms with Crippen LogP contribution in [0.2, 0.25) is 0 Å². The van der Waals surface area contributed by atoms with Gasteiger partial charge in [-0.05, 0) is 24.0 Å². The Morgan fingerprint density at radius 3 is 2.00 bits per heavy atom. The van der Waals surface area contributed by atoms with Crippen LogP contribution < -0.4 is 5.32 Å². The van der Waals surface area contributed by atoms with Crippen molar-refractivity contribution in [2.45, 2.75) is 30.9 Å². The van der Waals surface area contributed by atoms with Crippen LogP contribution in [0.25, 0.3) is 0 Å². The highest BCUT2D eigenvalue weighted by Gasteiger charge is 2.35. The average Bonchev–Trinajstić information content (AvgIpc) is 3.17. The van der Waals surface area contributed by atoms with Gasteiger partial charge in [-0.15, -0.1) is 0 Å². The van der Waals surface area contributed by atoms with E-state index in [2.05, 4.69) is 5.32 Å². The molecule has 2 aromatic rings. The summed E-state index contributed by atoms with van der Waals surface area (Å²) in [6.07, 6.45) is 0.880. The molecule has 0 saturated carbocycles. The van der Waals surface area contributed by atoms with Gasteiger partial charge >= 0.3 is 5.97 Å². The Morgan fingerprint density at radius 2 is 1.56 bits per heavy atom. The third kappa shape index (κ3) is 4.06. The van der Waals surface area contributed by atoms with E-state index in [1.807, 2.05) is 60.7 Å². The molecule has 1 aliphatic rings. The van der Waals surface area contributed by atoms with Crippen LogP contribution in [-0.4, -0.2) is 35.7 Å². The molecule has 2 N–H and O–H groups in total. The monoisotopic (exact) mass is 339 g/mol. The smallest absolute Gasteiger partial charge is 0.327 e. The van der Waals surface area contributed by atoms with Gasteiger partial charge in [0.15, 0.2) is 0 Å². The van der Waals surface area contributed by atoms with Crippen molar-refractivity contribution in [2.24, 2.45) is 0 Å². The zero-order valence-corrected chi connectivity index (χ0v) is 13.8. The number of amides is 1. The number of carboxylic acid groups (broad SMARTS) is 1. The van der Waals surface area contributed by atoms with Crippen molar-refractivity contribution in [3.05, 3.63) is 71.8 Å². The molecule has 5 nitrogen and oxygen atoms in total. The van der Waals surface area contributed by atoms with Crippen LogP contribution in [0.5, 0.6) is 0 Å². The molecule has 3 rings (SSSR count). The summed E-state index contributed by atoms with van der Waals surface area (Å²) in [6, 6.07) is 17.7. The molecular formula is C20H21NO4. The quantitative estimate of drug-likeness (QED) is 0.848. The minimum Gasteiger partial charge on any atom is -0.480 e. The van der Waals surface area contributed by atoms with Crippen molar-refractivity contribution in [2.75, 3.05) is 6.61 Å². The van der Waals surface area contributed by atoms with E-state index in [-0.39, 0.29) is 5.91 Å². The molecule has 0 radical (unpaired) electrons.